The van der Waals surface area contributed by atoms with E-state index in [0.717, 1.165) is 5.69 Å². The molecule has 0 fully saturated rings. The lowest BCUT2D eigenvalue weighted by Gasteiger charge is -2.27. The van der Waals surface area contributed by atoms with Crippen molar-refractivity contribution in [2.24, 2.45) is 0 Å². The Bertz CT molecular complexity index is 318. The fraction of sp³-hybridized carbons (Fsp3) is 0.538. The highest BCUT2D eigenvalue weighted by Crippen LogP contribution is 2.26. The van der Waals surface area contributed by atoms with Gasteiger partial charge in [-0.1, -0.05) is 32.0 Å². The predicted octanol–water partition coefficient (Wildman–Crippen LogP) is 2.99. The van der Waals surface area contributed by atoms with Gasteiger partial charge in [-0.3, -0.25) is 0 Å². The molecule has 0 saturated heterocycles. The average molecular weight is 207 g/mol. The van der Waals surface area contributed by atoms with Gasteiger partial charge in [-0.2, -0.15) is 0 Å². The number of anilines is 1. The van der Waals surface area contributed by atoms with Crippen molar-refractivity contribution in [2.45, 2.75) is 39.2 Å². The monoisotopic (exact) mass is 207 g/mol. The Kier molecular flexibility index (Phi) is 3.75. The topological polar surface area (TPSA) is 32.3 Å². The first-order valence-electron chi connectivity index (χ1n) is 5.44. The summed E-state index contributed by atoms with van der Waals surface area (Å²) >= 11 is 0. The Balaban J connectivity index is 2.94. The predicted molar refractivity (Wildman–Crippen MR) is 65.3 cm³/mol. The number of hydrogen-bond donors (Lipinski definition) is 2. The molecule has 0 heterocycles. The van der Waals surface area contributed by atoms with Crippen LogP contribution in [0.5, 0.6) is 0 Å². The zero-order valence-electron chi connectivity index (χ0n) is 10.0. The molecule has 1 rings (SSSR count). The van der Waals surface area contributed by atoms with Gasteiger partial charge in [-0.25, -0.2) is 0 Å². The van der Waals surface area contributed by atoms with Gasteiger partial charge >= 0.3 is 0 Å². The van der Waals surface area contributed by atoms with Gasteiger partial charge < -0.3 is 10.4 Å². The number of rotatable bonds is 4. The Morgan fingerprint density at radius 1 is 1.27 bits per heavy atom. The first-order valence-corrected chi connectivity index (χ1v) is 5.44. The Hall–Kier alpha value is -1.02. The van der Waals surface area contributed by atoms with E-state index in [-0.39, 0.29) is 12.1 Å². The summed E-state index contributed by atoms with van der Waals surface area (Å²) in [6.45, 7) is 8.45. The molecule has 0 aromatic heterocycles. The molecule has 2 N–H and O–H groups in total. The third-order valence-corrected chi connectivity index (χ3v) is 2.45. The van der Waals surface area contributed by atoms with Crippen LogP contribution in [0.4, 0.5) is 5.69 Å². The second-order valence-corrected chi connectivity index (χ2v) is 4.91. The molecule has 0 aliphatic rings. The zero-order valence-corrected chi connectivity index (χ0v) is 10.0. The minimum atomic E-state index is -0.273. The van der Waals surface area contributed by atoms with Crippen molar-refractivity contribution in [1.29, 1.82) is 0 Å². The summed E-state index contributed by atoms with van der Waals surface area (Å²) in [5.74, 6) is 0.489. The molecule has 0 aliphatic heterocycles. The van der Waals surface area contributed by atoms with Crippen LogP contribution in [-0.2, 0) is 0 Å². The maximum absolute atomic E-state index is 9.22. The number of hydrogen-bond acceptors (Lipinski definition) is 2. The van der Waals surface area contributed by atoms with E-state index in [1.54, 1.807) is 0 Å². The third-order valence-electron chi connectivity index (χ3n) is 2.45. The highest BCUT2D eigenvalue weighted by atomic mass is 16.3. The van der Waals surface area contributed by atoms with Gasteiger partial charge in [0.05, 0.1) is 12.1 Å². The minimum Gasteiger partial charge on any atom is -0.394 e. The van der Waals surface area contributed by atoms with Crippen LogP contribution in [0.15, 0.2) is 24.3 Å². The molecular formula is C13H21NO. The van der Waals surface area contributed by atoms with Crippen molar-refractivity contribution >= 4 is 5.69 Å². The third kappa shape index (κ3) is 3.24. The molecule has 0 unspecified atom stereocenters. The summed E-state index contributed by atoms with van der Waals surface area (Å²) in [7, 11) is 0. The lowest BCUT2D eigenvalue weighted by atomic mass is 9.99. The van der Waals surface area contributed by atoms with Crippen LogP contribution in [-0.4, -0.2) is 17.3 Å². The summed E-state index contributed by atoms with van der Waals surface area (Å²) in [5, 5.41) is 12.6. The number of aliphatic hydroxyl groups is 1. The van der Waals surface area contributed by atoms with Crippen molar-refractivity contribution in [1.82, 2.24) is 0 Å². The molecule has 0 bridgehead atoms. The van der Waals surface area contributed by atoms with E-state index in [9.17, 15) is 5.11 Å². The first-order chi connectivity index (χ1) is 6.96. The first kappa shape index (κ1) is 12.1. The van der Waals surface area contributed by atoms with E-state index in [4.69, 9.17) is 0 Å². The van der Waals surface area contributed by atoms with Gasteiger partial charge in [0.1, 0.15) is 0 Å². The highest BCUT2D eigenvalue weighted by Gasteiger charge is 2.17. The standard InChI is InChI=1S/C13H21NO/c1-10(2)11-7-5-6-8-12(11)14-13(3,4)9-15/h5-8,10,14-15H,9H2,1-4H3. The van der Waals surface area contributed by atoms with Gasteiger partial charge in [0, 0.05) is 5.69 Å². The van der Waals surface area contributed by atoms with E-state index >= 15 is 0 Å². The Morgan fingerprint density at radius 3 is 2.40 bits per heavy atom. The molecule has 15 heavy (non-hydrogen) atoms. The van der Waals surface area contributed by atoms with Crippen molar-refractivity contribution < 1.29 is 5.11 Å². The summed E-state index contributed by atoms with van der Waals surface area (Å²) in [4.78, 5) is 0. The fourth-order valence-corrected chi connectivity index (χ4v) is 1.52. The number of benzene rings is 1. The smallest absolute Gasteiger partial charge is 0.0656 e. The molecule has 84 valence electrons. The number of aliphatic hydroxyl groups excluding tert-OH is 1. The molecule has 2 nitrogen and oxygen atoms in total. The molecule has 2 heteroatoms. The van der Waals surface area contributed by atoms with Crippen molar-refractivity contribution in [3.8, 4) is 0 Å². The zero-order chi connectivity index (χ0) is 11.5. The maximum atomic E-state index is 9.22. The molecule has 0 radical (unpaired) electrons. The van der Waals surface area contributed by atoms with Crippen LogP contribution < -0.4 is 5.32 Å². The molecule has 1 aromatic rings. The number of para-hydroxylation sites is 1. The SMILES string of the molecule is CC(C)c1ccccc1NC(C)(C)CO. The van der Waals surface area contributed by atoms with Gasteiger partial charge in [0.25, 0.3) is 0 Å². The molecule has 0 amide bonds. The summed E-state index contributed by atoms with van der Waals surface area (Å²) in [6.07, 6.45) is 0. The van der Waals surface area contributed by atoms with E-state index < -0.39 is 0 Å². The second kappa shape index (κ2) is 4.67. The van der Waals surface area contributed by atoms with E-state index in [1.807, 2.05) is 26.0 Å². The molecule has 0 atom stereocenters. The van der Waals surface area contributed by atoms with Gasteiger partial charge in [-0.15, -0.1) is 0 Å². The molecule has 0 saturated carbocycles. The Morgan fingerprint density at radius 2 is 1.87 bits per heavy atom. The Labute approximate surface area is 92.3 Å². The van der Waals surface area contributed by atoms with Crippen molar-refractivity contribution in [3.05, 3.63) is 29.8 Å². The summed E-state index contributed by atoms with van der Waals surface area (Å²) < 4.78 is 0. The summed E-state index contributed by atoms with van der Waals surface area (Å²) in [5.41, 5.74) is 2.14. The van der Waals surface area contributed by atoms with Crippen LogP contribution in [0.2, 0.25) is 0 Å². The lowest BCUT2D eigenvalue weighted by molar-refractivity contribution is 0.234. The highest BCUT2D eigenvalue weighted by molar-refractivity contribution is 5.54. The quantitative estimate of drug-likeness (QED) is 0.795. The summed E-state index contributed by atoms with van der Waals surface area (Å²) in [6, 6.07) is 8.25. The largest absolute Gasteiger partial charge is 0.394 e. The van der Waals surface area contributed by atoms with Gasteiger partial charge in [0.15, 0.2) is 0 Å². The van der Waals surface area contributed by atoms with E-state index in [2.05, 4.69) is 31.3 Å². The minimum absolute atomic E-state index is 0.124. The van der Waals surface area contributed by atoms with Crippen LogP contribution in [0.25, 0.3) is 0 Å². The molecule has 0 aliphatic carbocycles. The molecule has 1 aromatic carbocycles. The van der Waals surface area contributed by atoms with E-state index in [0.29, 0.717) is 5.92 Å². The number of nitrogens with one attached hydrogen (secondary N) is 1. The second-order valence-electron chi connectivity index (χ2n) is 4.91. The van der Waals surface area contributed by atoms with Gasteiger partial charge in [-0.05, 0) is 31.4 Å². The molecule has 0 spiro atoms. The van der Waals surface area contributed by atoms with Crippen LogP contribution in [0.1, 0.15) is 39.2 Å². The van der Waals surface area contributed by atoms with Gasteiger partial charge in [0.2, 0.25) is 0 Å². The van der Waals surface area contributed by atoms with Crippen LogP contribution in [0.3, 0.4) is 0 Å². The van der Waals surface area contributed by atoms with Crippen molar-refractivity contribution in [3.63, 3.8) is 0 Å². The van der Waals surface area contributed by atoms with Crippen LogP contribution >= 0.6 is 0 Å². The van der Waals surface area contributed by atoms with Crippen LogP contribution in [0, 0.1) is 0 Å². The molecular weight excluding hydrogens is 186 g/mol. The van der Waals surface area contributed by atoms with E-state index in [1.165, 1.54) is 5.56 Å². The maximum Gasteiger partial charge on any atom is 0.0656 e. The normalized spacial score (nSPS) is 11.9. The fourth-order valence-electron chi connectivity index (χ4n) is 1.52. The average Bonchev–Trinajstić information content (AvgIpc) is 2.18. The van der Waals surface area contributed by atoms with Crippen molar-refractivity contribution in [2.75, 3.05) is 11.9 Å². The lowest BCUT2D eigenvalue weighted by Crippen LogP contribution is -2.35.